The summed E-state index contributed by atoms with van der Waals surface area (Å²) < 4.78 is 0. The minimum Gasteiger partial charge on any atom is -0.389 e. The minimum absolute atomic E-state index is 0.230. The molecule has 4 saturated carbocycles. The average Bonchev–Trinajstić information content (AvgIpc) is 2.47. The van der Waals surface area contributed by atoms with Crippen LogP contribution in [0.25, 0.3) is 0 Å². The van der Waals surface area contributed by atoms with Crippen LogP contribution in [0.2, 0.25) is 0 Å². The molecule has 0 saturated heterocycles. The Labute approximate surface area is 92.3 Å². The third-order valence-electron chi connectivity index (χ3n) is 6.97. The van der Waals surface area contributed by atoms with Crippen molar-refractivity contribution in [1.82, 2.24) is 0 Å². The highest BCUT2D eigenvalue weighted by atomic mass is 16.3. The van der Waals surface area contributed by atoms with Gasteiger partial charge in [0.05, 0.1) is 5.60 Å². The zero-order chi connectivity index (χ0) is 10.7. The molecule has 1 heteroatoms. The quantitative estimate of drug-likeness (QED) is 0.646. The number of fused-ring (bicyclic) bond motifs is 1. The van der Waals surface area contributed by atoms with Gasteiger partial charge in [0, 0.05) is 5.41 Å². The van der Waals surface area contributed by atoms with Crippen molar-refractivity contribution in [2.45, 2.75) is 58.5 Å². The molecule has 84 valence electrons. The van der Waals surface area contributed by atoms with Crippen LogP contribution in [-0.4, -0.2) is 10.7 Å². The first kappa shape index (κ1) is 9.04. The summed E-state index contributed by atoms with van der Waals surface area (Å²) in [6.07, 6.45) is 6.42. The fourth-order valence-corrected chi connectivity index (χ4v) is 6.02. The van der Waals surface area contributed by atoms with Crippen LogP contribution in [0.3, 0.4) is 0 Å². The molecule has 1 N–H and O–H groups in total. The summed E-state index contributed by atoms with van der Waals surface area (Å²) in [4.78, 5) is 0. The van der Waals surface area contributed by atoms with E-state index in [1.807, 2.05) is 0 Å². The summed E-state index contributed by atoms with van der Waals surface area (Å²) in [6.45, 7) is 7.16. The highest BCUT2D eigenvalue weighted by molar-refractivity contribution is 5.34. The largest absolute Gasteiger partial charge is 0.389 e. The van der Waals surface area contributed by atoms with E-state index in [4.69, 9.17) is 0 Å². The normalized spacial score (nSPS) is 64.8. The standard InChI is InChI=1S/C14H22O/c1-11(2,3)12-5-9-4-10-6-13(15,7-12)14(9,10)8-12/h9-10,15H,4-8H2,1-3H3. The van der Waals surface area contributed by atoms with E-state index in [1.54, 1.807) is 0 Å². The van der Waals surface area contributed by atoms with Crippen LogP contribution in [0, 0.1) is 28.1 Å². The predicted octanol–water partition coefficient (Wildman–Crippen LogP) is 2.97. The Kier molecular flexibility index (Phi) is 1.16. The van der Waals surface area contributed by atoms with Gasteiger partial charge in [0.25, 0.3) is 0 Å². The predicted molar refractivity (Wildman–Crippen MR) is 59.3 cm³/mol. The van der Waals surface area contributed by atoms with Gasteiger partial charge in [0.15, 0.2) is 0 Å². The fourth-order valence-electron chi connectivity index (χ4n) is 6.02. The van der Waals surface area contributed by atoms with Gasteiger partial charge in [0.1, 0.15) is 0 Å². The highest BCUT2D eigenvalue weighted by Gasteiger charge is 2.85. The minimum atomic E-state index is -0.230. The molecular formula is C14H22O. The van der Waals surface area contributed by atoms with E-state index in [2.05, 4.69) is 20.8 Å². The Hall–Kier alpha value is -0.0400. The van der Waals surface area contributed by atoms with Gasteiger partial charge < -0.3 is 5.11 Å². The molecule has 15 heavy (non-hydrogen) atoms. The molecule has 0 aromatic heterocycles. The van der Waals surface area contributed by atoms with Gasteiger partial charge in [-0.15, -0.1) is 0 Å². The Bertz CT molecular complexity index is 355. The van der Waals surface area contributed by atoms with E-state index in [0.29, 0.717) is 16.2 Å². The zero-order valence-electron chi connectivity index (χ0n) is 10.1. The molecule has 0 aromatic carbocycles. The third kappa shape index (κ3) is 0.638. The van der Waals surface area contributed by atoms with E-state index in [1.165, 1.54) is 19.3 Å². The topological polar surface area (TPSA) is 20.2 Å². The van der Waals surface area contributed by atoms with Crippen LogP contribution in [0.5, 0.6) is 0 Å². The van der Waals surface area contributed by atoms with Crippen molar-refractivity contribution in [2.24, 2.45) is 28.1 Å². The maximum atomic E-state index is 10.8. The number of aliphatic hydroxyl groups is 1. The molecule has 4 fully saturated rings. The van der Waals surface area contributed by atoms with Crippen molar-refractivity contribution in [3.05, 3.63) is 0 Å². The smallest absolute Gasteiger partial charge is 0.0717 e. The Morgan fingerprint density at radius 2 is 1.73 bits per heavy atom. The van der Waals surface area contributed by atoms with Crippen LogP contribution in [0.4, 0.5) is 0 Å². The van der Waals surface area contributed by atoms with E-state index in [-0.39, 0.29) is 5.60 Å². The molecule has 0 amide bonds. The highest BCUT2D eigenvalue weighted by Crippen LogP contribution is 2.87. The van der Waals surface area contributed by atoms with Crippen LogP contribution < -0.4 is 0 Å². The first-order valence-corrected chi connectivity index (χ1v) is 6.56. The summed E-state index contributed by atoms with van der Waals surface area (Å²) in [5.41, 5.74) is 1.04. The van der Waals surface area contributed by atoms with Crippen LogP contribution >= 0.6 is 0 Å². The summed E-state index contributed by atoms with van der Waals surface area (Å²) in [6, 6.07) is 0. The summed E-state index contributed by atoms with van der Waals surface area (Å²) in [7, 11) is 0. The lowest BCUT2D eigenvalue weighted by Gasteiger charge is -2.71. The molecule has 1 nitrogen and oxygen atoms in total. The molecule has 0 aliphatic heterocycles. The maximum absolute atomic E-state index is 10.8. The second-order valence-electron chi connectivity index (χ2n) is 7.99. The maximum Gasteiger partial charge on any atom is 0.0717 e. The SMILES string of the molecule is CC(C)(C)C12CC3CC4CC(O)(C1)C43C2. The first-order chi connectivity index (χ1) is 6.83. The third-order valence-corrected chi connectivity index (χ3v) is 6.97. The van der Waals surface area contributed by atoms with E-state index in [9.17, 15) is 5.11 Å². The summed E-state index contributed by atoms with van der Waals surface area (Å²) in [5, 5.41) is 10.8. The van der Waals surface area contributed by atoms with Gasteiger partial charge >= 0.3 is 0 Å². The van der Waals surface area contributed by atoms with Crippen LogP contribution in [-0.2, 0) is 0 Å². The Morgan fingerprint density at radius 3 is 2.20 bits per heavy atom. The lowest BCUT2D eigenvalue weighted by molar-refractivity contribution is -0.287. The van der Waals surface area contributed by atoms with Gasteiger partial charge in [-0.05, 0) is 54.8 Å². The van der Waals surface area contributed by atoms with Gasteiger partial charge in [-0.2, -0.15) is 0 Å². The van der Waals surface area contributed by atoms with Crippen molar-refractivity contribution >= 4 is 0 Å². The lowest BCUT2D eigenvalue weighted by Crippen LogP contribution is -2.71. The summed E-state index contributed by atoms with van der Waals surface area (Å²) in [5.74, 6) is 1.79. The molecule has 4 aliphatic carbocycles. The molecule has 0 heterocycles. The van der Waals surface area contributed by atoms with Crippen LogP contribution in [0.1, 0.15) is 52.9 Å². The monoisotopic (exact) mass is 206 g/mol. The van der Waals surface area contributed by atoms with Gasteiger partial charge in [-0.3, -0.25) is 0 Å². The molecule has 4 aliphatic rings. The second kappa shape index (κ2) is 1.92. The molecular weight excluding hydrogens is 184 g/mol. The molecule has 5 atom stereocenters. The van der Waals surface area contributed by atoms with Crippen molar-refractivity contribution in [2.75, 3.05) is 0 Å². The van der Waals surface area contributed by atoms with Gasteiger partial charge in [-0.25, -0.2) is 0 Å². The number of rotatable bonds is 0. The van der Waals surface area contributed by atoms with Gasteiger partial charge in [-0.1, -0.05) is 20.8 Å². The Morgan fingerprint density at radius 1 is 1.07 bits per heavy atom. The van der Waals surface area contributed by atoms with E-state index >= 15 is 0 Å². The van der Waals surface area contributed by atoms with E-state index in [0.717, 1.165) is 24.7 Å². The first-order valence-electron chi connectivity index (χ1n) is 6.56. The average molecular weight is 206 g/mol. The summed E-state index contributed by atoms with van der Waals surface area (Å²) >= 11 is 0. The Balaban J connectivity index is 1.84. The van der Waals surface area contributed by atoms with Crippen molar-refractivity contribution in [1.29, 1.82) is 0 Å². The zero-order valence-corrected chi connectivity index (χ0v) is 10.1. The van der Waals surface area contributed by atoms with Crippen LogP contribution in [0.15, 0.2) is 0 Å². The van der Waals surface area contributed by atoms with Crippen molar-refractivity contribution < 1.29 is 5.11 Å². The molecule has 1 spiro atoms. The van der Waals surface area contributed by atoms with Gasteiger partial charge in [0.2, 0.25) is 0 Å². The molecule has 0 aromatic rings. The second-order valence-corrected chi connectivity index (χ2v) is 7.99. The number of hydrogen-bond donors (Lipinski definition) is 1. The molecule has 2 bridgehead atoms. The van der Waals surface area contributed by atoms with Crippen molar-refractivity contribution in [3.63, 3.8) is 0 Å². The molecule has 0 radical (unpaired) electrons. The van der Waals surface area contributed by atoms with E-state index < -0.39 is 0 Å². The number of hydrogen-bond acceptors (Lipinski definition) is 1. The fraction of sp³-hybridized carbons (Fsp3) is 1.00. The lowest BCUT2D eigenvalue weighted by atomic mass is 9.36. The molecule has 5 unspecified atom stereocenters. The molecule has 4 rings (SSSR count). The van der Waals surface area contributed by atoms with Crippen molar-refractivity contribution in [3.8, 4) is 0 Å².